The molecule has 1 N–H and O–H groups in total. The Balaban J connectivity index is 2.09. The van der Waals surface area contributed by atoms with Crippen LogP contribution in [0, 0.1) is 11.3 Å². The number of nitrogens with zero attached hydrogens (tertiary/aromatic N) is 3. The van der Waals surface area contributed by atoms with Gasteiger partial charge in [-0.1, -0.05) is 12.1 Å². The van der Waals surface area contributed by atoms with Gasteiger partial charge >= 0.3 is 0 Å². The summed E-state index contributed by atoms with van der Waals surface area (Å²) in [4.78, 5) is 3.72. The number of hydrogen-bond donors (Lipinski definition) is 1. The van der Waals surface area contributed by atoms with Crippen LogP contribution in [0.25, 0.3) is 0 Å². The van der Waals surface area contributed by atoms with E-state index in [1.165, 1.54) is 6.39 Å². The highest BCUT2D eigenvalue weighted by Gasteiger charge is 2.05. The van der Waals surface area contributed by atoms with Gasteiger partial charge in [-0.25, -0.2) is 10.4 Å². The fraction of sp³-hybridized carbons (Fsp3) is 0.154. The van der Waals surface area contributed by atoms with Crippen molar-refractivity contribution in [2.45, 2.75) is 6.92 Å². The third-order valence-electron chi connectivity index (χ3n) is 2.26. The molecular weight excluding hydrogens is 244 g/mol. The molecule has 0 aliphatic carbocycles. The van der Waals surface area contributed by atoms with E-state index in [2.05, 4.69) is 15.5 Å². The molecule has 0 unspecified atom stereocenters. The highest BCUT2D eigenvalue weighted by atomic mass is 16.5. The minimum Gasteiger partial charge on any atom is -0.493 e. The molecule has 0 atom stereocenters. The second-order valence-electron chi connectivity index (χ2n) is 3.48. The highest BCUT2D eigenvalue weighted by molar-refractivity contribution is 5.83. The Morgan fingerprint density at radius 3 is 3.16 bits per heavy atom. The maximum Gasteiger partial charge on any atom is 0.251 e. The van der Waals surface area contributed by atoms with Gasteiger partial charge in [-0.15, -0.1) is 0 Å². The molecule has 1 aromatic carbocycles. The average molecular weight is 256 g/mol. The summed E-state index contributed by atoms with van der Waals surface area (Å²) >= 11 is 0. The Labute approximate surface area is 110 Å². The molecule has 2 rings (SSSR count). The van der Waals surface area contributed by atoms with Gasteiger partial charge in [-0.05, 0) is 19.1 Å². The normalized spacial score (nSPS) is 10.3. The van der Waals surface area contributed by atoms with Crippen LogP contribution in [-0.4, -0.2) is 17.8 Å². The van der Waals surface area contributed by atoms with Crippen molar-refractivity contribution in [3.63, 3.8) is 0 Å². The number of aromatic nitrogens is 1. The van der Waals surface area contributed by atoms with Crippen LogP contribution in [0.15, 0.2) is 40.2 Å². The van der Waals surface area contributed by atoms with E-state index >= 15 is 0 Å². The molecule has 0 radical (unpaired) electrons. The maximum atomic E-state index is 8.75. The Kier molecular flexibility index (Phi) is 4.13. The van der Waals surface area contributed by atoms with Crippen molar-refractivity contribution in [1.82, 2.24) is 4.98 Å². The molecule has 0 aliphatic rings. The molecule has 0 saturated carbocycles. The van der Waals surface area contributed by atoms with Crippen LogP contribution in [-0.2, 0) is 0 Å². The Bertz CT molecular complexity index is 613. The number of anilines is 1. The van der Waals surface area contributed by atoms with E-state index in [9.17, 15) is 0 Å². The van der Waals surface area contributed by atoms with Crippen LogP contribution >= 0.6 is 0 Å². The van der Waals surface area contributed by atoms with Gasteiger partial charge in [-0.3, -0.25) is 0 Å². The number of hydrazone groups is 1. The molecule has 6 nitrogen and oxygen atoms in total. The summed E-state index contributed by atoms with van der Waals surface area (Å²) in [7, 11) is 0. The second kappa shape index (κ2) is 6.21. The van der Waals surface area contributed by atoms with Crippen molar-refractivity contribution in [2.75, 3.05) is 12.0 Å². The zero-order valence-corrected chi connectivity index (χ0v) is 10.3. The monoisotopic (exact) mass is 256 g/mol. The van der Waals surface area contributed by atoms with Crippen molar-refractivity contribution in [3.8, 4) is 11.8 Å². The number of hydrogen-bond acceptors (Lipinski definition) is 6. The van der Waals surface area contributed by atoms with E-state index in [-0.39, 0.29) is 11.6 Å². The minimum atomic E-state index is 0.162. The zero-order chi connectivity index (χ0) is 13.5. The predicted octanol–water partition coefficient (Wildman–Crippen LogP) is 2.39. The molecule has 2 aromatic rings. The molecule has 0 bridgehead atoms. The number of nitrogens with one attached hydrogen (secondary N) is 1. The number of rotatable bonds is 5. The number of benzene rings is 1. The largest absolute Gasteiger partial charge is 0.493 e. The van der Waals surface area contributed by atoms with Crippen LogP contribution in [0.4, 0.5) is 5.88 Å². The molecule has 19 heavy (non-hydrogen) atoms. The lowest BCUT2D eigenvalue weighted by Crippen LogP contribution is -1.97. The summed E-state index contributed by atoms with van der Waals surface area (Å²) in [6.45, 7) is 2.50. The predicted molar refractivity (Wildman–Crippen MR) is 70.0 cm³/mol. The van der Waals surface area contributed by atoms with Gasteiger partial charge in [0.05, 0.1) is 12.8 Å². The van der Waals surface area contributed by atoms with Gasteiger partial charge in [0.15, 0.2) is 6.39 Å². The summed E-state index contributed by atoms with van der Waals surface area (Å²) in [6, 6.07) is 9.40. The molecule has 0 saturated heterocycles. The van der Waals surface area contributed by atoms with Gasteiger partial charge in [0, 0.05) is 5.56 Å². The zero-order valence-electron chi connectivity index (χ0n) is 10.3. The second-order valence-corrected chi connectivity index (χ2v) is 3.48. The molecular formula is C13H12N4O2. The molecule has 96 valence electrons. The van der Waals surface area contributed by atoms with Gasteiger partial charge in [0.25, 0.3) is 5.88 Å². The fourth-order valence-electron chi connectivity index (χ4n) is 1.44. The molecule has 1 aromatic heterocycles. The highest BCUT2D eigenvalue weighted by Crippen LogP contribution is 2.16. The standard InChI is InChI=1S/C13H12N4O2/c1-2-18-12-6-4-3-5-10(12)8-16-17-13-11(7-14)15-9-19-13/h3-6,8-9,17H,2H2,1H3. The van der Waals surface area contributed by atoms with Crippen molar-refractivity contribution >= 4 is 12.1 Å². The number of oxazole rings is 1. The summed E-state index contributed by atoms with van der Waals surface area (Å²) in [5.74, 6) is 0.960. The first-order valence-electron chi connectivity index (χ1n) is 5.69. The fourth-order valence-corrected chi connectivity index (χ4v) is 1.44. The van der Waals surface area contributed by atoms with Crippen LogP contribution in [0.1, 0.15) is 18.2 Å². The topological polar surface area (TPSA) is 83.4 Å². The van der Waals surface area contributed by atoms with Crippen LogP contribution in [0.3, 0.4) is 0 Å². The van der Waals surface area contributed by atoms with Crippen LogP contribution in [0.2, 0.25) is 0 Å². The van der Waals surface area contributed by atoms with Crippen LogP contribution < -0.4 is 10.2 Å². The average Bonchev–Trinajstić information content (AvgIpc) is 2.88. The Morgan fingerprint density at radius 2 is 2.37 bits per heavy atom. The summed E-state index contributed by atoms with van der Waals surface area (Å²) in [6.07, 6.45) is 2.78. The quantitative estimate of drug-likeness (QED) is 0.656. The van der Waals surface area contributed by atoms with E-state index < -0.39 is 0 Å². The first-order chi connectivity index (χ1) is 9.35. The third kappa shape index (κ3) is 3.10. The van der Waals surface area contributed by atoms with Crippen molar-refractivity contribution in [3.05, 3.63) is 41.9 Å². The Hall–Kier alpha value is -2.81. The summed E-state index contributed by atoms with van der Waals surface area (Å²) < 4.78 is 10.4. The lowest BCUT2D eigenvalue weighted by molar-refractivity contribution is 0.340. The van der Waals surface area contributed by atoms with Gasteiger partial charge in [-0.2, -0.15) is 10.4 Å². The van der Waals surface area contributed by atoms with E-state index in [0.29, 0.717) is 6.61 Å². The SMILES string of the molecule is CCOc1ccccc1C=NNc1ocnc1C#N. The maximum absolute atomic E-state index is 8.75. The van der Waals surface area contributed by atoms with Gasteiger partial charge in [0.1, 0.15) is 11.8 Å². The summed E-state index contributed by atoms with van der Waals surface area (Å²) in [5.41, 5.74) is 3.62. The van der Waals surface area contributed by atoms with Gasteiger partial charge in [0.2, 0.25) is 5.69 Å². The Morgan fingerprint density at radius 1 is 1.53 bits per heavy atom. The molecule has 1 heterocycles. The molecule has 6 heteroatoms. The van der Waals surface area contributed by atoms with Crippen molar-refractivity contribution in [2.24, 2.45) is 5.10 Å². The van der Waals surface area contributed by atoms with Gasteiger partial charge < -0.3 is 9.15 Å². The molecule has 0 fully saturated rings. The van der Waals surface area contributed by atoms with Crippen LogP contribution in [0.5, 0.6) is 5.75 Å². The van der Waals surface area contributed by atoms with Crippen molar-refractivity contribution < 1.29 is 9.15 Å². The lowest BCUT2D eigenvalue weighted by Gasteiger charge is -2.05. The number of nitriles is 1. The third-order valence-corrected chi connectivity index (χ3v) is 2.26. The van der Waals surface area contributed by atoms with E-state index in [0.717, 1.165) is 11.3 Å². The van der Waals surface area contributed by atoms with E-state index in [1.807, 2.05) is 37.3 Å². The molecule has 0 aliphatic heterocycles. The minimum absolute atomic E-state index is 0.162. The lowest BCUT2D eigenvalue weighted by atomic mass is 10.2. The molecule has 0 amide bonds. The van der Waals surface area contributed by atoms with Crippen molar-refractivity contribution in [1.29, 1.82) is 5.26 Å². The van der Waals surface area contributed by atoms with E-state index in [1.54, 1.807) is 6.21 Å². The number of para-hydroxylation sites is 1. The smallest absolute Gasteiger partial charge is 0.251 e. The summed E-state index contributed by atoms with van der Waals surface area (Å²) in [5, 5.41) is 12.7. The molecule has 0 spiro atoms. The van der Waals surface area contributed by atoms with E-state index in [4.69, 9.17) is 14.4 Å². The number of ether oxygens (including phenoxy) is 1. The first kappa shape index (κ1) is 12.6. The first-order valence-corrected chi connectivity index (χ1v) is 5.69.